The molecule has 0 aromatic rings. The maximum Gasteiger partial charge on any atom is 0.411 e. The minimum absolute atomic E-state index is 0.291. The lowest BCUT2D eigenvalue weighted by molar-refractivity contribution is 0.179. The third-order valence-electron chi connectivity index (χ3n) is 1.01. The molecule has 10 heavy (non-hydrogen) atoms. The van der Waals surface area contributed by atoms with Crippen molar-refractivity contribution in [3.05, 3.63) is 12.0 Å². The molecule has 1 fully saturated rings. The summed E-state index contributed by atoms with van der Waals surface area (Å²) in [4.78, 5) is 10.4. The summed E-state index contributed by atoms with van der Waals surface area (Å²) in [6.07, 6.45) is 1.08. The maximum absolute atomic E-state index is 10.4. The zero-order chi connectivity index (χ0) is 7.40. The Bertz CT molecular complexity index is 164. The van der Waals surface area contributed by atoms with Crippen molar-refractivity contribution in [3.63, 3.8) is 0 Å². The van der Waals surface area contributed by atoms with Crippen molar-refractivity contribution >= 4 is 6.09 Å². The van der Waals surface area contributed by atoms with Gasteiger partial charge in [-0.1, -0.05) is 0 Å². The fraction of sp³-hybridized carbons (Fsp3) is 0.500. The Kier molecular flexibility index (Phi) is 2.15. The second-order valence-corrected chi connectivity index (χ2v) is 1.80. The van der Waals surface area contributed by atoms with E-state index in [0.29, 0.717) is 18.9 Å². The van der Waals surface area contributed by atoms with Crippen LogP contribution in [0.3, 0.4) is 0 Å². The molecule has 1 aliphatic heterocycles. The molecule has 1 saturated heterocycles. The molecule has 0 aromatic carbocycles. The van der Waals surface area contributed by atoms with Crippen LogP contribution in [-0.2, 0) is 9.47 Å². The number of cyclic esters (lactones) is 1. The number of carbonyl (C=O) groups excluding carboxylic acids is 1. The standard InChI is InChI=1S/C6H9NO3/c1-2-9-3-5-4-10-6(8)7-5/h3H,2,4H2,1H3,(H,7,8). The second kappa shape index (κ2) is 3.10. The number of nitrogens with one attached hydrogen (secondary N) is 1. The van der Waals surface area contributed by atoms with Crippen molar-refractivity contribution in [1.29, 1.82) is 0 Å². The van der Waals surface area contributed by atoms with E-state index in [1.807, 2.05) is 6.92 Å². The molecule has 0 aliphatic carbocycles. The predicted octanol–water partition coefficient (Wildman–Crippen LogP) is 0.604. The molecule has 0 saturated carbocycles. The average Bonchev–Trinajstić information content (AvgIpc) is 2.31. The van der Waals surface area contributed by atoms with Crippen LogP contribution in [0.2, 0.25) is 0 Å². The van der Waals surface area contributed by atoms with E-state index in [-0.39, 0.29) is 0 Å². The lowest BCUT2D eigenvalue weighted by Gasteiger charge is -1.94. The normalized spacial score (nSPS) is 20.5. The summed E-state index contributed by atoms with van der Waals surface area (Å²) >= 11 is 0. The van der Waals surface area contributed by atoms with Gasteiger partial charge in [0.25, 0.3) is 0 Å². The molecule has 0 spiro atoms. The van der Waals surface area contributed by atoms with Crippen LogP contribution in [0.1, 0.15) is 6.92 Å². The smallest absolute Gasteiger partial charge is 0.411 e. The van der Waals surface area contributed by atoms with Crippen LogP contribution < -0.4 is 5.32 Å². The Morgan fingerprint density at radius 3 is 3.20 bits per heavy atom. The quantitative estimate of drug-likeness (QED) is 0.576. The third-order valence-corrected chi connectivity index (χ3v) is 1.01. The van der Waals surface area contributed by atoms with E-state index in [2.05, 4.69) is 10.1 Å². The van der Waals surface area contributed by atoms with Crippen LogP contribution in [0.5, 0.6) is 0 Å². The van der Waals surface area contributed by atoms with Crippen molar-refractivity contribution in [3.8, 4) is 0 Å². The summed E-state index contributed by atoms with van der Waals surface area (Å²) < 4.78 is 9.47. The van der Waals surface area contributed by atoms with E-state index in [9.17, 15) is 4.79 Å². The lowest BCUT2D eigenvalue weighted by atomic mass is 10.5. The van der Waals surface area contributed by atoms with Gasteiger partial charge in [0.15, 0.2) is 0 Å². The molecule has 4 nitrogen and oxygen atoms in total. The molecule has 56 valence electrons. The Morgan fingerprint density at radius 2 is 2.70 bits per heavy atom. The molecule has 0 radical (unpaired) electrons. The molecule has 1 N–H and O–H groups in total. The van der Waals surface area contributed by atoms with Crippen molar-refractivity contribution in [2.45, 2.75) is 6.92 Å². The van der Waals surface area contributed by atoms with Crippen LogP contribution >= 0.6 is 0 Å². The van der Waals surface area contributed by atoms with Gasteiger partial charge in [-0.25, -0.2) is 4.79 Å². The average molecular weight is 143 g/mol. The Hall–Kier alpha value is -1.19. The van der Waals surface area contributed by atoms with Gasteiger partial charge in [0, 0.05) is 0 Å². The van der Waals surface area contributed by atoms with Crippen molar-refractivity contribution < 1.29 is 14.3 Å². The first kappa shape index (κ1) is 6.92. The molecular weight excluding hydrogens is 134 g/mol. The number of carbonyl (C=O) groups is 1. The summed E-state index contributed by atoms with van der Waals surface area (Å²) in [5, 5.41) is 2.46. The SMILES string of the molecule is CCOC=C1COC(=O)N1. The van der Waals surface area contributed by atoms with Crippen LogP contribution in [-0.4, -0.2) is 19.3 Å². The van der Waals surface area contributed by atoms with Gasteiger partial charge in [0.05, 0.1) is 12.3 Å². The number of amides is 1. The molecule has 1 aliphatic rings. The minimum atomic E-state index is -0.411. The van der Waals surface area contributed by atoms with E-state index in [1.165, 1.54) is 6.26 Å². The zero-order valence-corrected chi connectivity index (χ0v) is 5.72. The molecule has 1 rings (SSSR count). The van der Waals surface area contributed by atoms with E-state index in [0.717, 1.165) is 0 Å². The fourth-order valence-electron chi connectivity index (χ4n) is 0.594. The highest BCUT2D eigenvalue weighted by Crippen LogP contribution is 2.00. The van der Waals surface area contributed by atoms with Crippen molar-refractivity contribution in [2.24, 2.45) is 0 Å². The predicted molar refractivity (Wildman–Crippen MR) is 34.2 cm³/mol. The summed E-state index contributed by atoms with van der Waals surface area (Å²) in [5.74, 6) is 0. The largest absolute Gasteiger partial charge is 0.500 e. The Labute approximate surface area is 58.8 Å². The van der Waals surface area contributed by atoms with Crippen LogP contribution in [0.4, 0.5) is 4.79 Å². The zero-order valence-electron chi connectivity index (χ0n) is 5.72. The topological polar surface area (TPSA) is 47.6 Å². The fourth-order valence-corrected chi connectivity index (χ4v) is 0.594. The Morgan fingerprint density at radius 1 is 1.90 bits per heavy atom. The monoisotopic (exact) mass is 143 g/mol. The van der Waals surface area contributed by atoms with Gasteiger partial charge in [-0.15, -0.1) is 0 Å². The van der Waals surface area contributed by atoms with Gasteiger partial charge in [0.2, 0.25) is 0 Å². The molecule has 1 amide bonds. The number of hydrogen-bond donors (Lipinski definition) is 1. The highest BCUT2D eigenvalue weighted by Gasteiger charge is 2.14. The van der Waals surface area contributed by atoms with Crippen LogP contribution in [0.15, 0.2) is 12.0 Å². The van der Waals surface area contributed by atoms with E-state index >= 15 is 0 Å². The highest BCUT2D eigenvalue weighted by atomic mass is 16.6. The van der Waals surface area contributed by atoms with Gasteiger partial charge in [-0.2, -0.15) is 0 Å². The number of rotatable bonds is 2. The lowest BCUT2D eigenvalue weighted by Crippen LogP contribution is -2.11. The summed E-state index contributed by atoms with van der Waals surface area (Å²) in [7, 11) is 0. The van der Waals surface area contributed by atoms with E-state index < -0.39 is 6.09 Å². The second-order valence-electron chi connectivity index (χ2n) is 1.80. The first-order chi connectivity index (χ1) is 4.83. The molecule has 0 atom stereocenters. The molecule has 0 unspecified atom stereocenters. The highest BCUT2D eigenvalue weighted by molar-refractivity contribution is 5.72. The number of hydrogen-bond acceptors (Lipinski definition) is 3. The van der Waals surface area contributed by atoms with Gasteiger partial charge < -0.3 is 9.47 Å². The molecule has 0 bridgehead atoms. The molecular formula is C6H9NO3. The van der Waals surface area contributed by atoms with Crippen LogP contribution in [0, 0.1) is 0 Å². The van der Waals surface area contributed by atoms with E-state index in [4.69, 9.17) is 4.74 Å². The molecule has 0 aromatic heterocycles. The minimum Gasteiger partial charge on any atom is -0.500 e. The van der Waals surface area contributed by atoms with E-state index in [1.54, 1.807) is 0 Å². The maximum atomic E-state index is 10.4. The summed E-state index contributed by atoms with van der Waals surface area (Å²) in [6, 6.07) is 0. The van der Waals surface area contributed by atoms with Gasteiger partial charge in [-0.3, -0.25) is 5.32 Å². The van der Waals surface area contributed by atoms with Crippen molar-refractivity contribution in [1.82, 2.24) is 5.32 Å². The number of ether oxygens (including phenoxy) is 2. The first-order valence-corrected chi connectivity index (χ1v) is 3.07. The Balaban J connectivity index is 2.36. The van der Waals surface area contributed by atoms with Gasteiger partial charge in [-0.05, 0) is 6.92 Å². The molecule has 4 heteroatoms. The van der Waals surface area contributed by atoms with Gasteiger partial charge in [0.1, 0.15) is 12.9 Å². The molecule has 1 heterocycles. The third kappa shape index (κ3) is 1.65. The number of alkyl carbamates (subject to hydrolysis) is 1. The summed E-state index contributed by atoms with van der Waals surface area (Å²) in [5.41, 5.74) is 0.673. The summed E-state index contributed by atoms with van der Waals surface area (Å²) in [6.45, 7) is 2.76. The van der Waals surface area contributed by atoms with Crippen LogP contribution in [0.25, 0.3) is 0 Å². The first-order valence-electron chi connectivity index (χ1n) is 3.07. The van der Waals surface area contributed by atoms with Gasteiger partial charge >= 0.3 is 6.09 Å². The van der Waals surface area contributed by atoms with Crippen molar-refractivity contribution in [2.75, 3.05) is 13.2 Å².